The standard InChI is InChI=1S/C26H26F3N3O3/c1-15(2)23-19(28)11-17(10-16-6-4-3-5-7-16)25(24(23)29)31-26(34)20-12-18(27)14-32(20)22(33)13-21-30-8-9-35-21/h3-9,11,15,18,20H,10,12-14H2,1-2H3,(H,31,34)/t18-,20+/m1/s1. The molecule has 1 aliphatic rings. The van der Waals surface area contributed by atoms with Gasteiger partial charge in [-0.25, -0.2) is 18.2 Å². The van der Waals surface area contributed by atoms with Gasteiger partial charge in [-0.15, -0.1) is 0 Å². The van der Waals surface area contributed by atoms with E-state index in [0.29, 0.717) is 0 Å². The normalized spacial score (nSPS) is 17.7. The lowest BCUT2D eigenvalue weighted by atomic mass is 9.95. The van der Waals surface area contributed by atoms with Gasteiger partial charge in [0.25, 0.3) is 0 Å². The van der Waals surface area contributed by atoms with Gasteiger partial charge in [-0.05, 0) is 29.5 Å². The lowest BCUT2D eigenvalue weighted by molar-refractivity contribution is -0.136. The van der Waals surface area contributed by atoms with Gasteiger partial charge in [-0.3, -0.25) is 9.59 Å². The van der Waals surface area contributed by atoms with E-state index < -0.39 is 41.6 Å². The zero-order valence-electron chi connectivity index (χ0n) is 19.4. The molecule has 2 amide bonds. The van der Waals surface area contributed by atoms with Gasteiger partial charge in [-0.1, -0.05) is 44.2 Å². The number of likely N-dealkylation sites (tertiary alicyclic amines) is 1. The van der Waals surface area contributed by atoms with Crippen LogP contribution < -0.4 is 5.32 Å². The number of hydrogen-bond donors (Lipinski definition) is 1. The van der Waals surface area contributed by atoms with Crippen molar-refractivity contribution in [1.82, 2.24) is 9.88 Å². The second-order valence-electron chi connectivity index (χ2n) is 8.92. The first kappa shape index (κ1) is 24.5. The summed E-state index contributed by atoms with van der Waals surface area (Å²) in [5.74, 6) is -3.16. The summed E-state index contributed by atoms with van der Waals surface area (Å²) in [6, 6.07) is 9.13. The van der Waals surface area contributed by atoms with Crippen molar-refractivity contribution in [3.05, 3.63) is 83.1 Å². The summed E-state index contributed by atoms with van der Waals surface area (Å²) in [6.45, 7) is 3.03. The predicted octanol–water partition coefficient (Wildman–Crippen LogP) is 4.79. The van der Waals surface area contributed by atoms with Gasteiger partial charge in [0.1, 0.15) is 30.7 Å². The summed E-state index contributed by atoms with van der Waals surface area (Å²) < 4.78 is 49.7. The van der Waals surface area contributed by atoms with Crippen LogP contribution in [0.5, 0.6) is 0 Å². The lowest BCUT2D eigenvalue weighted by Gasteiger charge is -2.24. The van der Waals surface area contributed by atoms with Crippen molar-refractivity contribution in [1.29, 1.82) is 0 Å². The van der Waals surface area contributed by atoms with Crippen molar-refractivity contribution < 1.29 is 27.2 Å². The fourth-order valence-corrected chi connectivity index (χ4v) is 4.39. The van der Waals surface area contributed by atoms with Crippen molar-refractivity contribution in [3.8, 4) is 0 Å². The Bertz CT molecular complexity index is 1200. The van der Waals surface area contributed by atoms with Crippen LogP contribution in [0.2, 0.25) is 0 Å². The zero-order valence-corrected chi connectivity index (χ0v) is 19.4. The second kappa shape index (κ2) is 10.3. The molecule has 1 aromatic heterocycles. The number of hydrogen-bond acceptors (Lipinski definition) is 4. The molecule has 0 radical (unpaired) electrons. The minimum Gasteiger partial charge on any atom is -0.448 e. The molecule has 2 aromatic carbocycles. The highest BCUT2D eigenvalue weighted by molar-refractivity contribution is 5.98. The third kappa shape index (κ3) is 5.39. The average molecular weight is 486 g/mol. The molecule has 1 aliphatic heterocycles. The Morgan fingerprint density at radius 3 is 2.63 bits per heavy atom. The van der Waals surface area contributed by atoms with Crippen LogP contribution in [-0.2, 0) is 22.4 Å². The Labute approximate surface area is 201 Å². The molecule has 0 bridgehead atoms. The number of anilines is 1. The minimum absolute atomic E-state index is 0.146. The number of aromatic nitrogens is 1. The summed E-state index contributed by atoms with van der Waals surface area (Å²) in [5, 5.41) is 2.55. The maximum atomic E-state index is 15.5. The molecular formula is C26H26F3N3O3. The average Bonchev–Trinajstić information content (AvgIpc) is 3.46. The smallest absolute Gasteiger partial charge is 0.247 e. The molecule has 3 aromatic rings. The van der Waals surface area contributed by atoms with Gasteiger partial charge in [-0.2, -0.15) is 0 Å². The predicted molar refractivity (Wildman–Crippen MR) is 124 cm³/mol. The highest BCUT2D eigenvalue weighted by Crippen LogP contribution is 2.33. The highest BCUT2D eigenvalue weighted by atomic mass is 19.1. The summed E-state index contributed by atoms with van der Waals surface area (Å²) in [7, 11) is 0. The van der Waals surface area contributed by atoms with Gasteiger partial charge in [0.2, 0.25) is 17.7 Å². The fraction of sp³-hybridized carbons (Fsp3) is 0.346. The minimum atomic E-state index is -1.41. The third-order valence-electron chi connectivity index (χ3n) is 6.06. The van der Waals surface area contributed by atoms with Crippen molar-refractivity contribution in [2.24, 2.45) is 0 Å². The number of nitrogens with zero attached hydrogens (tertiary/aromatic N) is 2. The van der Waals surface area contributed by atoms with Crippen molar-refractivity contribution in [2.45, 2.75) is 51.2 Å². The molecule has 4 rings (SSSR count). The first-order chi connectivity index (χ1) is 16.7. The van der Waals surface area contributed by atoms with Crippen LogP contribution in [0, 0.1) is 11.6 Å². The van der Waals surface area contributed by atoms with E-state index in [2.05, 4.69) is 10.3 Å². The van der Waals surface area contributed by atoms with E-state index in [9.17, 15) is 18.4 Å². The Morgan fingerprint density at radius 1 is 1.23 bits per heavy atom. The van der Waals surface area contributed by atoms with Crippen LogP contribution in [0.4, 0.5) is 18.9 Å². The molecular weight excluding hydrogens is 459 g/mol. The third-order valence-corrected chi connectivity index (χ3v) is 6.06. The largest absolute Gasteiger partial charge is 0.448 e. The highest BCUT2D eigenvalue weighted by Gasteiger charge is 2.40. The van der Waals surface area contributed by atoms with E-state index in [1.807, 2.05) is 18.2 Å². The van der Waals surface area contributed by atoms with Crippen LogP contribution in [0.3, 0.4) is 0 Å². The molecule has 6 nitrogen and oxygen atoms in total. The van der Waals surface area contributed by atoms with E-state index in [1.165, 1.54) is 18.5 Å². The number of halogens is 3. The zero-order chi connectivity index (χ0) is 25.1. The van der Waals surface area contributed by atoms with Crippen LogP contribution in [0.15, 0.2) is 53.3 Å². The molecule has 9 heteroatoms. The number of alkyl halides is 1. The van der Waals surface area contributed by atoms with Gasteiger partial charge in [0.15, 0.2) is 5.82 Å². The molecule has 2 heterocycles. The molecule has 2 atom stereocenters. The summed E-state index contributed by atoms with van der Waals surface area (Å²) >= 11 is 0. The van der Waals surface area contributed by atoms with Crippen molar-refractivity contribution >= 4 is 17.5 Å². The van der Waals surface area contributed by atoms with E-state index in [-0.39, 0.29) is 48.5 Å². The number of carbonyl (C=O) groups excluding carboxylic acids is 2. The van der Waals surface area contributed by atoms with E-state index >= 15 is 4.39 Å². The van der Waals surface area contributed by atoms with Crippen LogP contribution in [0.1, 0.15) is 48.8 Å². The lowest BCUT2D eigenvalue weighted by Crippen LogP contribution is -2.44. The van der Waals surface area contributed by atoms with E-state index in [0.717, 1.165) is 10.5 Å². The summed E-state index contributed by atoms with van der Waals surface area (Å²) in [6.07, 6.45) is 1.00. The summed E-state index contributed by atoms with van der Waals surface area (Å²) in [4.78, 5) is 31.0. The molecule has 184 valence electrons. The first-order valence-corrected chi connectivity index (χ1v) is 11.4. The molecule has 0 saturated carbocycles. The Balaban J connectivity index is 1.63. The van der Waals surface area contributed by atoms with Gasteiger partial charge in [0.05, 0.1) is 18.4 Å². The van der Waals surface area contributed by atoms with Gasteiger partial charge < -0.3 is 14.6 Å². The fourth-order valence-electron chi connectivity index (χ4n) is 4.39. The number of carbonyl (C=O) groups is 2. The molecule has 1 fully saturated rings. The van der Waals surface area contributed by atoms with Crippen molar-refractivity contribution in [2.75, 3.05) is 11.9 Å². The van der Waals surface area contributed by atoms with Gasteiger partial charge in [0, 0.05) is 12.0 Å². The van der Waals surface area contributed by atoms with Crippen LogP contribution in [0.25, 0.3) is 0 Å². The summed E-state index contributed by atoms with van der Waals surface area (Å²) in [5.41, 5.74) is 0.734. The van der Waals surface area contributed by atoms with E-state index in [1.54, 1.807) is 26.0 Å². The SMILES string of the molecule is CC(C)c1c(F)cc(Cc2ccccc2)c(NC(=O)[C@@H]2C[C@@H](F)CN2C(=O)Cc2ncco2)c1F. The van der Waals surface area contributed by atoms with Crippen LogP contribution in [-0.4, -0.2) is 40.5 Å². The molecule has 0 unspecified atom stereocenters. The Hall–Kier alpha value is -3.62. The number of amides is 2. The maximum absolute atomic E-state index is 15.5. The molecule has 0 aliphatic carbocycles. The van der Waals surface area contributed by atoms with Crippen molar-refractivity contribution in [3.63, 3.8) is 0 Å². The number of rotatable bonds is 7. The Kier molecular flexibility index (Phi) is 7.23. The molecule has 0 spiro atoms. The van der Waals surface area contributed by atoms with E-state index in [4.69, 9.17) is 4.42 Å². The monoisotopic (exact) mass is 485 g/mol. The topological polar surface area (TPSA) is 75.4 Å². The number of nitrogens with one attached hydrogen (secondary N) is 1. The molecule has 1 N–H and O–H groups in total. The number of benzene rings is 2. The van der Waals surface area contributed by atoms with Crippen LogP contribution >= 0.6 is 0 Å². The molecule has 1 saturated heterocycles. The number of oxazole rings is 1. The first-order valence-electron chi connectivity index (χ1n) is 11.4. The Morgan fingerprint density at radius 2 is 1.97 bits per heavy atom. The maximum Gasteiger partial charge on any atom is 0.247 e. The second-order valence-corrected chi connectivity index (χ2v) is 8.92. The molecule has 35 heavy (non-hydrogen) atoms. The van der Waals surface area contributed by atoms with Gasteiger partial charge >= 0.3 is 0 Å². The quantitative estimate of drug-likeness (QED) is 0.522.